The molecule has 1 aromatic carbocycles. The number of amides is 4. The minimum absolute atomic E-state index is 0.00259. The molecule has 0 spiro atoms. The van der Waals surface area contributed by atoms with Gasteiger partial charge in [0, 0.05) is 30.6 Å². The van der Waals surface area contributed by atoms with E-state index in [1.54, 1.807) is 0 Å². The van der Waals surface area contributed by atoms with Crippen molar-refractivity contribution in [3.8, 4) is 0 Å². The van der Waals surface area contributed by atoms with E-state index in [0.717, 1.165) is 115 Å². The van der Waals surface area contributed by atoms with Gasteiger partial charge in [0.15, 0.2) is 0 Å². The molecule has 9 rings (SSSR count). The number of carbonyl (C=O) groups excluding carboxylic acids is 5. The van der Waals surface area contributed by atoms with Crippen molar-refractivity contribution in [3.63, 3.8) is 0 Å². The number of hydrogen-bond acceptors (Lipinski definition) is 12. The molecule has 4 N–H and O–H groups in total. The average Bonchev–Trinajstić information content (AvgIpc) is 0.928. The SMILES string of the molecule is CCC(CC[C@@H](C)C1CCC[C@H]1[C@@H](C)COC(=O)NCCOCCOCCNC(=O)OC[C@H](C)[C@@H]1CC[C@]2(C(=O)OCc3ccccc3)CC[C@]3(C)C(CCC4[C@@]5(C)CCC(OC(=O)NC6CC6)C(C)(C)C5CC[C@]43C)C12)C(C)(C)CCCOC(=O)NC1CC1. The molecule has 0 aliphatic heterocycles. The van der Waals surface area contributed by atoms with Crippen molar-refractivity contribution >= 4 is 30.3 Å². The Balaban J connectivity index is 0.670. The van der Waals surface area contributed by atoms with Crippen molar-refractivity contribution in [2.75, 3.05) is 59.3 Å². The predicted molar refractivity (Wildman–Crippen MR) is 349 cm³/mol. The highest BCUT2D eigenvalue weighted by Gasteiger charge is 2.72. The minimum Gasteiger partial charge on any atom is -0.460 e. The van der Waals surface area contributed by atoms with E-state index in [0.29, 0.717) is 100 Å². The molecule has 0 saturated heterocycles. The summed E-state index contributed by atoms with van der Waals surface area (Å²) in [5, 5.41) is 11.7. The minimum atomic E-state index is -0.585. The third-order valence-corrected chi connectivity index (χ3v) is 26.0. The van der Waals surface area contributed by atoms with Crippen LogP contribution in [0, 0.1) is 97.6 Å². The number of hydrogen-bond donors (Lipinski definition) is 4. The fourth-order valence-corrected chi connectivity index (χ4v) is 20.4. The third kappa shape index (κ3) is 16.2. The molecular formula is C74H120N4O12. The van der Waals surface area contributed by atoms with Crippen LogP contribution in [0.1, 0.15) is 223 Å². The first-order valence-electron chi connectivity index (χ1n) is 36.0. The van der Waals surface area contributed by atoms with E-state index < -0.39 is 17.6 Å². The molecule has 8 saturated carbocycles. The lowest BCUT2D eigenvalue weighted by molar-refractivity contribution is -0.250. The van der Waals surface area contributed by atoms with Gasteiger partial charge in [-0.15, -0.1) is 0 Å². The number of rotatable bonds is 31. The van der Waals surface area contributed by atoms with Gasteiger partial charge in [-0.05, 0) is 214 Å². The zero-order valence-corrected chi connectivity index (χ0v) is 57.5. The second-order valence-electron chi connectivity index (χ2n) is 32.1. The molecule has 16 nitrogen and oxygen atoms in total. The van der Waals surface area contributed by atoms with Crippen molar-refractivity contribution < 1.29 is 57.1 Å². The zero-order valence-electron chi connectivity index (χ0n) is 57.5. The predicted octanol–water partition coefficient (Wildman–Crippen LogP) is 15.4. The van der Waals surface area contributed by atoms with E-state index in [1.807, 2.05) is 30.3 Å². The molecule has 8 fully saturated rings. The van der Waals surface area contributed by atoms with Gasteiger partial charge in [-0.1, -0.05) is 126 Å². The Morgan fingerprint density at radius 1 is 0.578 bits per heavy atom. The smallest absolute Gasteiger partial charge is 0.407 e. The highest BCUT2D eigenvalue weighted by Crippen LogP contribution is 2.78. The lowest BCUT2D eigenvalue weighted by Crippen LogP contribution is -2.67. The van der Waals surface area contributed by atoms with Crippen LogP contribution in [-0.4, -0.2) is 108 Å². The fourth-order valence-electron chi connectivity index (χ4n) is 20.4. The van der Waals surface area contributed by atoms with Crippen LogP contribution in [0.2, 0.25) is 0 Å². The number of alkyl carbamates (subject to hydrolysis) is 4. The Kier molecular flexibility index (Phi) is 23.6. The summed E-state index contributed by atoms with van der Waals surface area (Å²) in [6.45, 7) is 29.8. The van der Waals surface area contributed by atoms with Crippen LogP contribution in [0.4, 0.5) is 19.2 Å². The molecular weight excluding hydrogens is 1140 g/mol. The zero-order chi connectivity index (χ0) is 64.5. The van der Waals surface area contributed by atoms with E-state index in [2.05, 4.69) is 97.4 Å². The summed E-state index contributed by atoms with van der Waals surface area (Å²) in [5.41, 5.74) is 0.613. The summed E-state index contributed by atoms with van der Waals surface area (Å²) in [6, 6.07) is 10.6. The first-order chi connectivity index (χ1) is 43.0. The maximum atomic E-state index is 14.9. The van der Waals surface area contributed by atoms with Crippen molar-refractivity contribution in [2.24, 2.45) is 97.6 Å². The Bertz CT molecular complexity index is 2520. The summed E-state index contributed by atoms with van der Waals surface area (Å²) >= 11 is 0. The van der Waals surface area contributed by atoms with Crippen molar-refractivity contribution in [3.05, 3.63) is 35.9 Å². The molecule has 16 atom stereocenters. The standard InChI is InChI=1S/C74H120N4O12/c1-12-53(69(5,6)33-17-41-86-67(82)77-54-24-25-54)23-22-49(2)56-20-16-21-57(56)50(3)46-88-65(80)75-39-42-84-44-45-85-43-40-76-66(81)89-47-51(4)58-30-36-74(64(79)87-48-52-18-14-13-15-19-52)38-37-72(10)59(63(58)74)28-29-61-71(9)34-32-62(90-68(83)78-55-26-27-55)70(7,8)60(71)31-35-73(61,72)11/h13-15,18-19,49-51,53-63H,12,16-17,20-48H2,1-11H3,(H,75,80)(H,76,81)(H,77,82)(H,78,83)/t49-,50+,51+,53?,56?,57+,58+,59?,60?,61?,62?,63?,71+,72-,73-,74+/m1/s1. The summed E-state index contributed by atoms with van der Waals surface area (Å²) in [7, 11) is 0. The molecule has 0 radical (unpaired) electrons. The monoisotopic (exact) mass is 1260 g/mol. The van der Waals surface area contributed by atoms with Crippen LogP contribution in [0.3, 0.4) is 0 Å². The van der Waals surface area contributed by atoms with Crippen molar-refractivity contribution in [1.82, 2.24) is 21.3 Å². The summed E-state index contributed by atoms with van der Waals surface area (Å²) in [5.74, 6) is 4.23. The molecule has 8 aliphatic rings. The Morgan fingerprint density at radius 3 is 1.83 bits per heavy atom. The average molecular weight is 1260 g/mol. The Morgan fingerprint density at radius 2 is 1.20 bits per heavy atom. The summed E-state index contributed by atoms with van der Waals surface area (Å²) in [4.78, 5) is 65.9. The second-order valence-corrected chi connectivity index (χ2v) is 32.1. The van der Waals surface area contributed by atoms with Crippen LogP contribution >= 0.6 is 0 Å². The molecule has 0 aromatic heterocycles. The number of fused-ring (bicyclic) bond motifs is 7. The highest BCUT2D eigenvalue weighted by molar-refractivity contribution is 5.78. The number of carbonyl (C=O) groups is 5. The van der Waals surface area contributed by atoms with Crippen LogP contribution in [-0.2, 0) is 44.6 Å². The van der Waals surface area contributed by atoms with Gasteiger partial charge in [-0.3, -0.25) is 4.79 Å². The lowest BCUT2D eigenvalue weighted by atomic mass is 9.32. The van der Waals surface area contributed by atoms with E-state index in [9.17, 15) is 24.0 Å². The van der Waals surface area contributed by atoms with Crippen LogP contribution in [0.15, 0.2) is 30.3 Å². The largest absolute Gasteiger partial charge is 0.460 e. The van der Waals surface area contributed by atoms with Gasteiger partial charge in [-0.25, -0.2) is 19.2 Å². The normalized spacial score (nSPS) is 33.1. The fraction of sp³-hybridized carbons (Fsp3) is 0.851. The van der Waals surface area contributed by atoms with Gasteiger partial charge in [0.2, 0.25) is 0 Å². The lowest BCUT2D eigenvalue weighted by Gasteiger charge is -2.72. The second kappa shape index (κ2) is 30.4. The quantitative estimate of drug-likeness (QED) is 0.0312. The van der Waals surface area contributed by atoms with Crippen LogP contribution in [0.25, 0.3) is 0 Å². The molecule has 0 bridgehead atoms. The van der Waals surface area contributed by atoms with Gasteiger partial charge in [-0.2, -0.15) is 0 Å². The molecule has 0 heterocycles. The van der Waals surface area contributed by atoms with E-state index in [-0.39, 0.29) is 94.3 Å². The van der Waals surface area contributed by atoms with Crippen LogP contribution in [0.5, 0.6) is 0 Å². The van der Waals surface area contributed by atoms with Gasteiger partial charge in [0.05, 0.1) is 51.7 Å². The number of esters is 1. The first-order valence-corrected chi connectivity index (χ1v) is 36.0. The Labute approximate surface area is 541 Å². The van der Waals surface area contributed by atoms with Gasteiger partial charge < -0.3 is 54.4 Å². The van der Waals surface area contributed by atoms with Crippen LogP contribution < -0.4 is 21.3 Å². The maximum absolute atomic E-state index is 14.9. The molecule has 16 heteroatoms. The number of ether oxygens (including phenoxy) is 7. The maximum Gasteiger partial charge on any atom is 0.407 e. The Hall–Kier alpha value is -4.31. The molecule has 508 valence electrons. The van der Waals surface area contributed by atoms with Crippen molar-refractivity contribution in [1.29, 1.82) is 0 Å². The van der Waals surface area contributed by atoms with E-state index in [1.165, 1.54) is 32.1 Å². The van der Waals surface area contributed by atoms with Gasteiger partial charge in [0.25, 0.3) is 0 Å². The van der Waals surface area contributed by atoms with E-state index in [4.69, 9.17) is 33.2 Å². The molecule has 4 amide bonds. The van der Waals surface area contributed by atoms with Gasteiger partial charge in [0.1, 0.15) is 12.7 Å². The van der Waals surface area contributed by atoms with Crippen molar-refractivity contribution in [2.45, 2.75) is 242 Å². The number of nitrogens with one attached hydrogen (secondary N) is 4. The van der Waals surface area contributed by atoms with E-state index >= 15 is 0 Å². The molecule has 8 aliphatic carbocycles. The third-order valence-electron chi connectivity index (χ3n) is 26.0. The molecule has 7 unspecified atom stereocenters. The highest BCUT2D eigenvalue weighted by atomic mass is 16.6. The first kappa shape index (κ1) is 70.0. The summed E-state index contributed by atoms with van der Waals surface area (Å²) in [6.07, 6.45) is 21.6. The molecule has 1 aromatic rings. The molecule has 90 heavy (non-hydrogen) atoms. The topological polar surface area (TPSA) is 198 Å². The van der Waals surface area contributed by atoms with Gasteiger partial charge >= 0.3 is 30.3 Å². The summed E-state index contributed by atoms with van der Waals surface area (Å²) < 4.78 is 41.3. The number of benzene rings is 1.